The van der Waals surface area contributed by atoms with E-state index < -0.39 is 0 Å². The summed E-state index contributed by atoms with van der Waals surface area (Å²) in [6, 6.07) is 10.2. The first-order valence-corrected chi connectivity index (χ1v) is 9.02. The third-order valence-electron chi connectivity index (χ3n) is 3.39. The Morgan fingerprint density at radius 2 is 2.04 bits per heavy atom. The van der Waals surface area contributed by atoms with Crippen LogP contribution in [0.5, 0.6) is 0 Å². The number of fused-ring (bicyclic) bond motifs is 1. The van der Waals surface area contributed by atoms with Crippen LogP contribution in [0, 0.1) is 0 Å². The van der Waals surface area contributed by atoms with Gasteiger partial charge in [0.2, 0.25) is 0 Å². The second kappa shape index (κ2) is 8.07. The maximum Gasteiger partial charge on any atom is 0.191 e. The highest BCUT2D eigenvalue weighted by molar-refractivity contribution is 7.99. The summed E-state index contributed by atoms with van der Waals surface area (Å²) < 4.78 is 1.82. The minimum Gasteiger partial charge on any atom is -0.367 e. The normalized spacial score (nSPS) is 11.1. The number of hydrogen-bond donors (Lipinski definition) is 2. The number of benzene rings is 1. The number of aromatic nitrogens is 5. The van der Waals surface area contributed by atoms with Crippen molar-refractivity contribution in [2.45, 2.75) is 25.0 Å². The van der Waals surface area contributed by atoms with E-state index in [4.69, 9.17) is 5.73 Å². The Hall–Kier alpha value is -2.19. The molecule has 3 rings (SSSR count). The van der Waals surface area contributed by atoms with Crippen molar-refractivity contribution in [3.05, 3.63) is 35.9 Å². The molecule has 3 N–H and O–H groups in total. The van der Waals surface area contributed by atoms with E-state index in [0.717, 1.165) is 28.5 Å². The van der Waals surface area contributed by atoms with Crippen molar-refractivity contribution in [2.24, 2.45) is 5.73 Å². The minimum absolute atomic E-state index is 0.529. The Morgan fingerprint density at radius 1 is 1.21 bits per heavy atom. The molecule has 1 aromatic carbocycles. The van der Waals surface area contributed by atoms with Gasteiger partial charge < -0.3 is 11.1 Å². The fourth-order valence-corrected chi connectivity index (χ4v) is 2.96. The van der Waals surface area contributed by atoms with Gasteiger partial charge in [0, 0.05) is 18.8 Å². The van der Waals surface area contributed by atoms with Crippen molar-refractivity contribution in [3.63, 3.8) is 0 Å². The van der Waals surface area contributed by atoms with E-state index in [9.17, 15) is 0 Å². The average molecular weight is 343 g/mol. The van der Waals surface area contributed by atoms with Crippen LogP contribution in [-0.2, 0) is 6.54 Å². The SMILES string of the molecule is CCCSc1nc(NCCN)c2nnn(Cc3ccccc3)c2n1. The van der Waals surface area contributed by atoms with E-state index in [1.54, 1.807) is 11.8 Å². The monoisotopic (exact) mass is 343 g/mol. The first-order valence-electron chi connectivity index (χ1n) is 8.03. The fourth-order valence-electron chi connectivity index (χ4n) is 2.27. The molecular formula is C16H21N7S. The van der Waals surface area contributed by atoms with Crippen LogP contribution in [-0.4, -0.2) is 43.8 Å². The lowest BCUT2D eigenvalue weighted by Gasteiger charge is -2.07. The molecule has 8 heteroatoms. The lowest BCUT2D eigenvalue weighted by Crippen LogP contribution is -2.14. The second-order valence-electron chi connectivity index (χ2n) is 5.32. The molecule has 0 aliphatic heterocycles. The van der Waals surface area contributed by atoms with E-state index in [0.29, 0.717) is 31.0 Å². The highest BCUT2D eigenvalue weighted by Gasteiger charge is 2.15. The summed E-state index contributed by atoms with van der Waals surface area (Å²) in [5.74, 6) is 1.67. The summed E-state index contributed by atoms with van der Waals surface area (Å²) in [6.45, 7) is 3.93. The highest BCUT2D eigenvalue weighted by atomic mass is 32.2. The van der Waals surface area contributed by atoms with Gasteiger partial charge in [0.15, 0.2) is 22.1 Å². The van der Waals surface area contributed by atoms with Gasteiger partial charge in [0.05, 0.1) is 6.54 Å². The molecule has 24 heavy (non-hydrogen) atoms. The molecule has 0 saturated carbocycles. The van der Waals surface area contributed by atoms with Crippen molar-refractivity contribution in [1.82, 2.24) is 25.0 Å². The fraction of sp³-hybridized carbons (Fsp3) is 0.375. The van der Waals surface area contributed by atoms with Gasteiger partial charge in [0.25, 0.3) is 0 Å². The van der Waals surface area contributed by atoms with Gasteiger partial charge >= 0.3 is 0 Å². The highest BCUT2D eigenvalue weighted by Crippen LogP contribution is 2.23. The maximum atomic E-state index is 5.59. The van der Waals surface area contributed by atoms with E-state index >= 15 is 0 Å². The molecular weight excluding hydrogens is 322 g/mol. The summed E-state index contributed by atoms with van der Waals surface area (Å²) in [7, 11) is 0. The van der Waals surface area contributed by atoms with Crippen LogP contribution in [0.4, 0.5) is 5.82 Å². The maximum absolute atomic E-state index is 5.59. The van der Waals surface area contributed by atoms with Crippen LogP contribution in [0.1, 0.15) is 18.9 Å². The molecule has 0 saturated heterocycles. The summed E-state index contributed by atoms with van der Waals surface area (Å²) in [6.07, 6.45) is 1.07. The molecule has 0 aliphatic rings. The van der Waals surface area contributed by atoms with Crippen LogP contribution in [0.15, 0.2) is 35.5 Å². The molecule has 2 heterocycles. The molecule has 0 amide bonds. The third-order valence-corrected chi connectivity index (χ3v) is 4.44. The number of nitrogens with one attached hydrogen (secondary N) is 1. The minimum atomic E-state index is 0.529. The van der Waals surface area contributed by atoms with Gasteiger partial charge in [0.1, 0.15) is 0 Å². The summed E-state index contributed by atoms with van der Waals surface area (Å²) in [4.78, 5) is 9.22. The first kappa shape index (κ1) is 16.7. The molecule has 0 bridgehead atoms. The zero-order chi connectivity index (χ0) is 16.8. The Bertz CT molecular complexity index is 788. The lowest BCUT2D eigenvalue weighted by atomic mass is 10.2. The molecule has 0 unspecified atom stereocenters. The quantitative estimate of drug-likeness (QED) is 0.478. The van der Waals surface area contributed by atoms with Crippen LogP contribution >= 0.6 is 11.8 Å². The smallest absolute Gasteiger partial charge is 0.191 e. The zero-order valence-electron chi connectivity index (χ0n) is 13.6. The van der Waals surface area contributed by atoms with Crippen LogP contribution in [0.2, 0.25) is 0 Å². The molecule has 0 aliphatic carbocycles. The van der Waals surface area contributed by atoms with E-state index in [1.165, 1.54) is 0 Å². The standard InChI is InChI=1S/C16H21N7S/c1-2-10-24-16-19-14(18-9-8-17)13-15(20-16)23(22-21-13)11-12-6-4-3-5-7-12/h3-7H,2,8-11,17H2,1H3,(H,18,19,20). The van der Waals surface area contributed by atoms with E-state index in [-0.39, 0.29) is 0 Å². The van der Waals surface area contributed by atoms with Gasteiger partial charge in [-0.1, -0.05) is 54.2 Å². The van der Waals surface area contributed by atoms with Crippen LogP contribution in [0.25, 0.3) is 11.2 Å². The van der Waals surface area contributed by atoms with Crippen molar-refractivity contribution in [3.8, 4) is 0 Å². The number of nitrogens with two attached hydrogens (primary N) is 1. The third kappa shape index (κ3) is 3.82. The zero-order valence-corrected chi connectivity index (χ0v) is 14.5. The topological polar surface area (TPSA) is 94.5 Å². The van der Waals surface area contributed by atoms with Gasteiger partial charge in [-0.05, 0) is 12.0 Å². The lowest BCUT2D eigenvalue weighted by molar-refractivity contribution is 0.661. The number of hydrogen-bond acceptors (Lipinski definition) is 7. The van der Waals surface area contributed by atoms with Crippen molar-refractivity contribution in [1.29, 1.82) is 0 Å². The Morgan fingerprint density at radius 3 is 2.79 bits per heavy atom. The molecule has 0 spiro atoms. The van der Waals surface area contributed by atoms with Gasteiger partial charge in [-0.25, -0.2) is 14.6 Å². The van der Waals surface area contributed by atoms with Gasteiger partial charge in [-0.3, -0.25) is 0 Å². The Balaban J connectivity index is 1.97. The van der Waals surface area contributed by atoms with Gasteiger partial charge in [-0.2, -0.15) is 0 Å². The molecule has 0 atom stereocenters. The number of rotatable bonds is 8. The first-order chi connectivity index (χ1) is 11.8. The van der Waals surface area contributed by atoms with Gasteiger partial charge in [-0.15, -0.1) is 5.10 Å². The van der Waals surface area contributed by atoms with E-state index in [1.807, 2.05) is 22.9 Å². The molecule has 0 radical (unpaired) electrons. The summed E-state index contributed by atoms with van der Waals surface area (Å²) >= 11 is 1.64. The average Bonchev–Trinajstić information content (AvgIpc) is 3.02. The largest absolute Gasteiger partial charge is 0.367 e. The number of anilines is 1. The van der Waals surface area contributed by atoms with Crippen LogP contribution < -0.4 is 11.1 Å². The summed E-state index contributed by atoms with van der Waals surface area (Å²) in [5, 5.41) is 12.5. The Labute approximate surface area is 145 Å². The van der Waals surface area contributed by atoms with Crippen molar-refractivity contribution < 1.29 is 0 Å². The van der Waals surface area contributed by atoms with Crippen molar-refractivity contribution in [2.75, 3.05) is 24.2 Å². The van der Waals surface area contributed by atoms with Crippen molar-refractivity contribution >= 4 is 28.7 Å². The molecule has 3 aromatic rings. The predicted molar refractivity (Wildman–Crippen MR) is 97.2 cm³/mol. The molecule has 2 aromatic heterocycles. The Kier molecular flexibility index (Phi) is 5.60. The second-order valence-corrected chi connectivity index (χ2v) is 6.39. The number of nitrogens with zero attached hydrogens (tertiary/aromatic N) is 5. The molecule has 126 valence electrons. The van der Waals surface area contributed by atoms with Crippen LogP contribution in [0.3, 0.4) is 0 Å². The molecule has 0 fully saturated rings. The summed E-state index contributed by atoms with van der Waals surface area (Å²) in [5.41, 5.74) is 8.17. The predicted octanol–water partition coefficient (Wildman–Crippen LogP) is 2.14. The molecule has 7 nitrogen and oxygen atoms in total. The number of thioether (sulfide) groups is 1. The van der Waals surface area contributed by atoms with E-state index in [2.05, 4.69) is 44.7 Å².